The van der Waals surface area contributed by atoms with Gasteiger partial charge in [-0.15, -0.1) is 0 Å². The summed E-state index contributed by atoms with van der Waals surface area (Å²) in [7, 11) is 0. The van der Waals surface area contributed by atoms with Crippen molar-refractivity contribution in [3.05, 3.63) is 24.0 Å². The average Bonchev–Trinajstić information content (AvgIpc) is 2.29. The summed E-state index contributed by atoms with van der Waals surface area (Å²) < 4.78 is 0. The molecule has 0 saturated carbocycles. The number of rotatable bonds is 2. The third kappa shape index (κ3) is 2.47. The van der Waals surface area contributed by atoms with Gasteiger partial charge < -0.3 is 10.6 Å². The topological polar surface area (TPSA) is 66.0 Å². The van der Waals surface area contributed by atoms with Crippen molar-refractivity contribution in [2.45, 2.75) is 12.2 Å². The first kappa shape index (κ1) is 11.3. The molecular weight excluding hydrogens is 220 g/mol. The van der Waals surface area contributed by atoms with E-state index in [2.05, 4.69) is 16.8 Å². The van der Waals surface area contributed by atoms with E-state index < -0.39 is 0 Å². The number of anilines is 1. The molecule has 4 nitrogen and oxygen atoms in total. The number of thioether (sulfide) groups is 1. The van der Waals surface area contributed by atoms with Crippen molar-refractivity contribution in [2.75, 3.05) is 23.7 Å². The van der Waals surface area contributed by atoms with E-state index in [4.69, 9.17) is 11.1 Å². The summed E-state index contributed by atoms with van der Waals surface area (Å²) in [5.74, 6) is 1.18. The Morgan fingerprint density at radius 2 is 2.44 bits per heavy atom. The normalized spacial score (nSPS) is 20.8. The molecule has 5 heteroatoms. The minimum Gasteiger partial charge on any atom is -0.382 e. The second-order valence-electron chi connectivity index (χ2n) is 3.94. The number of nitrogen functional groups attached to an aromatic ring is 1. The van der Waals surface area contributed by atoms with Crippen molar-refractivity contribution in [3.8, 4) is 0 Å². The van der Waals surface area contributed by atoms with Crippen LogP contribution in [-0.2, 0) is 0 Å². The Balaban J connectivity index is 2.11. The third-order valence-electron chi connectivity index (χ3n) is 2.63. The van der Waals surface area contributed by atoms with E-state index in [1.807, 2.05) is 23.9 Å². The van der Waals surface area contributed by atoms with Crippen LogP contribution < -0.4 is 10.6 Å². The molecule has 1 atom stereocenters. The summed E-state index contributed by atoms with van der Waals surface area (Å²) in [6.07, 6.45) is 1.80. The van der Waals surface area contributed by atoms with E-state index in [9.17, 15) is 0 Å². The van der Waals surface area contributed by atoms with Crippen molar-refractivity contribution in [3.63, 3.8) is 0 Å². The largest absolute Gasteiger partial charge is 0.382 e. The second kappa shape index (κ2) is 4.74. The van der Waals surface area contributed by atoms with Gasteiger partial charge in [-0.1, -0.05) is 6.92 Å². The van der Waals surface area contributed by atoms with Crippen LogP contribution in [0.4, 0.5) is 5.69 Å². The maximum absolute atomic E-state index is 7.28. The first-order valence-electron chi connectivity index (χ1n) is 5.34. The van der Waals surface area contributed by atoms with Crippen LogP contribution in [0.25, 0.3) is 0 Å². The lowest BCUT2D eigenvalue weighted by atomic mass is 10.3. The Kier molecular flexibility index (Phi) is 3.33. The van der Waals surface area contributed by atoms with E-state index in [-0.39, 0.29) is 5.84 Å². The van der Waals surface area contributed by atoms with Crippen LogP contribution >= 0.6 is 11.8 Å². The zero-order valence-corrected chi connectivity index (χ0v) is 10.1. The fourth-order valence-corrected chi connectivity index (χ4v) is 2.80. The first-order valence-corrected chi connectivity index (χ1v) is 6.38. The molecule has 1 aromatic rings. The van der Waals surface area contributed by atoms with Crippen LogP contribution in [0.2, 0.25) is 0 Å². The summed E-state index contributed by atoms with van der Waals surface area (Å²) in [6, 6.07) is 3.80. The molecule has 0 aromatic carbocycles. The lowest BCUT2D eigenvalue weighted by Gasteiger charge is -2.32. The monoisotopic (exact) mass is 236 g/mol. The molecule has 0 amide bonds. The molecule has 1 aromatic heterocycles. The van der Waals surface area contributed by atoms with Crippen LogP contribution in [-0.4, -0.2) is 34.9 Å². The van der Waals surface area contributed by atoms with Gasteiger partial charge >= 0.3 is 0 Å². The van der Waals surface area contributed by atoms with E-state index in [0.29, 0.717) is 10.9 Å². The fourth-order valence-electron chi connectivity index (χ4n) is 1.79. The Labute approximate surface area is 99.7 Å². The average molecular weight is 236 g/mol. The summed E-state index contributed by atoms with van der Waals surface area (Å²) in [5, 5.41) is 7.95. The van der Waals surface area contributed by atoms with Crippen LogP contribution in [0.15, 0.2) is 18.3 Å². The Morgan fingerprint density at radius 3 is 3.00 bits per heavy atom. The summed E-state index contributed by atoms with van der Waals surface area (Å²) in [4.78, 5) is 6.51. The highest BCUT2D eigenvalue weighted by Crippen LogP contribution is 2.23. The van der Waals surface area contributed by atoms with E-state index >= 15 is 0 Å². The smallest absolute Gasteiger partial charge is 0.141 e. The van der Waals surface area contributed by atoms with Crippen LogP contribution in [0.5, 0.6) is 0 Å². The Morgan fingerprint density at radius 1 is 1.62 bits per heavy atom. The molecule has 1 aliphatic rings. The Hall–Kier alpha value is -1.23. The standard InChI is InChI=1S/C11H16N4S/c1-8-7-15(4-5-16-8)9-2-3-10(11(12)13)14-6-9/h2-3,6,8H,4-5,7H2,1H3,(H3,12,13). The van der Waals surface area contributed by atoms with Crippen molar-refractivity contribution in [1.29, 1.82) is 5.41 Å². The molecular formula is C11H16N4S. The molecule has 0 spiro atoms. The van der Waals surface area contributed by atoms with E-state index in [0.717, 1.165) is 24.5 Å². The summed E-state index contributed by atoms with van der Waals surface area (Å²) in [6.45, 7) is 4.37. The molecule has 1 unspecified atom stereocenters. The molecule has 1 fully saturated rings. The molecule has 1 aliphatic heterocycles. The maximum atomic E-state index is 7.28. The molecule has 86 valence electrons. The number of amidine groups is 1. The molecule has 2 heterocycles. The van der Waals surface area contributed by atoms with Crippen LogP contribution in [0, 0.1) is 5.41 Å². The number of aromatic nitrogens is 1. The molecule has 1 saturated heterocycles. The zero-order chi connectivity index (χ0) is 11.5. The van der Waals surface area contributed by atoms with E-state index in [1.165, 1.54) is 0 Å². The van der Waals surface area contributed by atoms with Gasteiger partial charge in [-0.3, -0.25) is 10.4 Å². The number of nitrogens with one attached hydrogen (secondary N) is 1. The molecule has 16 heavy (non-hydrogen) atoms. The number of hydrogen-bond acceptors (Lipinski definition) is 4. The number of pyridine rings is 1. The lowest BCUT2D eigenvalue weighted by molar-refractivity contribution is 0.781. The van der Waals surface area contributed by atoms with Crippen LogP contribution in [0.1, 0.15) is 12.6 Å². The first-order chi connectivity index (χ1) is 7.66. The predicted octanol–water partition coefficient (Wildman–Crippen LogP) is 1.31. The third-order valence-corrected chi connectivity index (χ3v) is 3.77. The minimum absolute atomic E-state index is 0.0223. The molecule has 0 radical (unpaired) electrons. The molecule has 0 bridgehead atoms. The second-order valence-corrected chi connectivity index (χ2v) is 5.49. The van der Waals surface area contributed by atoms with Crippen molar-refractivity contribution in [2.24, 2.45) is 5.73 Å². The molecule has 3 N–H and O–H groups in total. The minimum atomic E-state index is 0.0223. The van der Waals surface area contributed by atoms with Gasteiger partial charge in [0, 0.05) is 24.1 Å². The molecule has 2 rings (SSSR count). The lowest BCUT2D eigenvalue weighted by Crippen LogP contribution is -2.36. The number of hydrogen-bond donors (Lipinski definition) is 2. The van der Waals surface area contributed by atoms with Crippen molar-refractivity contribution >= 4 is 23.3 Å². The fraction of sp³-hybridized carbons (Fsp3) is 0.455. The van der Waals surface area contributed by atoms with Gasteiger partial charge in [-0.05, 0) is 12.1 Å². The van der Waals surface area contributed by atoms with Crippen molar-refractivity contribution < 1.29 is 0 Å². The van der Waals surface area contributed by atoms with Gasteiger partial charge in [-0.25, -0.2) is 0 Å². The highest BCUT2D eigenvalue weighted by Gasteiger charge is 2.17. The highest BCUT2D eigenvalue weighted by molar-refractivity contribution is 8.00. The maximum Gasteiger partial charge on any atom is 0.141 e. The SMILES string of the molecule is CC1CN(c2ccc(C(=N)N)nc2)CCS1. The summed E-state index contributed by atoms with van der Waals surface area (Å²) >= 11 is 2.01. The summed E-state index contributed by atoms with van der Waals surface area (Å²) in [5.41, 5.74) is 7.04. The predicted molar refractivity (Wildman–Crippen MR) is 69.4 cm³/mol. The number of nitrogens with zero attached hydrogens (tertiary/aromatic N) is 2. The van der Waals surface area contributed by atoms with Crippen molar-refractivity contribution in [1.82, 2.24) is 4.98 Å². The number of nitrogens with two attached hydrogens (primary N) is 1. The molecule has 0 aliphatic carbocycles. The Bertz CT molecular complexity index is 376. The zero-order valence-electron chi connectivity index (χ0n) is 9.31. The van der Waals surface area contributed by atoms with Gasteiger partial charge in [0.2, 0.25) is 0 Å². The van der Waals surface area contributed by atoms with Gasteiger partial charge in [0.05, 0.1) is 11.9 Å². The highest BCUT2D eigenvalue weighted by atomic mass is 32.2. The van der Waals surface area contributed by atoms with Gasteiger partial charge in [0.15, 0.2) is 0 Å². The van der Waals surface area contributed by atoms with E-state index in [1.54, 1.807) is 6.20 Å². The van der Waals surface area contributed by atoms with Gasteiger partial charge in [0.1, 0.15) is 11.5 Å². The van der Waals surface area contributed by atoms with Gasteiger partial charge in [0.25, 0.3) is 0 Å². The van der Waals surface area contributed by atoms with Crippen LogP contribution in [0.3, 0.4) is 0 Å². The quantitative estimate of drug-likeness (QED) is 0.600. The van der Waals surface area contributed by atoms with Gasteiger partial charge in [-0.2, -0.15) is 11.8 Å².